The van der Waals surface area contributed by atoms with Crippen molar-refractivity contribution in [2.45, 2.75) is 85.5 Å². The van der Waals surface area contributed by atoms with Crippen molar-refractivity contribution in [3.05, 3.63) is 167 Å². The Morgan fingerprint density at radius 3 is 0.939 bits per heavy atom. The number of unbranched alkanes of at least 4 members (excludes halogenated alkanes) is 6. The Bertz CT molecular complexity index is 1780. The molecule has 0 spiro atoms. The molecule has 0 bridgehead atoms. The van der Waals surface area contributed by atoms with Crippen LogP contribution in [0.1, 0.15) is 78.3 Å². The van der Waals surface area contributed by atoms with Crippen molar-refractivity contribution < 1.29 is 0 Å². The summed E-state index contributed by atoms with van der Waals surface area (Å²) in [5.74, 6) is 0. The molecular formula is C49H52. The van der Waals surface area contributed by atoms with E-state index in [0.29, 0.717) is 0 Å². The van der Waals surface area contributed by atoms with E-state index in [1.807, 2.05) is 0 Å². The van der Waals surface area contributed by atoms with Gasteiger partial charge in [0.05, 0.1) is 0 Å². The number of aryl methyl sites for hydroxylation is 2. The van der Waals surface area contributed by atoms with Crippen molar-refractivity contribution in [1.82, 2.24) is 0 Å². The van der Waals surface area contributed by atoms with Crippen LogP contribution in [0, 0.1) is 27.7 Å². The zero-order valence-electron chi connectivity index (χ0n) is 30.1. The molecule has 0 unspecified atom stereocenters. The molecule has 0 fully saturated rings. The molecule has 0 aliphatic rings. The first-order valence-corrected chi connectivity index (χ1v) is 18.5. The highest BCUT2D eigenvalue weighted by Gasteiger charge is 2.11. The van der Waals surface area contributed by atoms with Crippen LogP contribution < -0.4 is 0 Å². The molecule has 0 nitrogen and oxygen atoms in total. The van der Waals surface area contributed by atoms with Crippen LogP contribution in [0.2, 0.25) is 0 Å². The Kier molecular flexibility index (Phi) is 11.6. The highest BCUT2D eigenvalue weighted by Crippen LogP contribution is 2.32. The lowest BCUT2D eigenvalue weighted by Gasteiger charge is -2.15. The fourth-order valence-electron chi connectivity index (χ4n) is 7.38. The highest BCUT2D eigenvalue weighted by atomic mass is 14.2. The van der Waals surface area contributed by atoms with Crippen LogP contribution in [0.5, 0.6) is 0 Å². The van der Waals surface area contributed by atoms with Crippen LogP contribution in [0.3, 0.4) is 0 Å². The lowest BCUT2D eigenvalue weighted by Crippen LogP contribution is -1.96. The fourth-order valence-corrected chi connectivity index (χ4v) is 7.38. The topological polar surface area (TPSA) is 0 Å². The molecule has 0 N–H and O–H groups in total. The van der Waals surface area contributed by atoms with E-state index >= 15 is 0 Å². The van der Waals surface area contributed by atoms with E-state index in [1.165, 1.54) is 136 Å². The van der Waals surface area contributed by atoms with E-state index in [-0.39, 0.29) is 0 Å². The first-order valence-electron chi connectivity index (χ1n) is 18.5. The lowest BCUT2D eigenvalue weighted by atomic mass is 9.90. The predicted molar refractivity (Wildman–Crippen MR) is 213 cm³/mol. The molecule has 0 amide bonds. The van der Waals surface area contributed by atoms with Crippen LogP contribution in [0.25, 0.3) is 44.5 Å². The molecule has 6 aromatic carbocycles. The third-order valence-electron chi connectivity index (χ3n) is 10.8. The van der Waals surface area contributed by atoms with E-state index in [1.54, 1.807) is 0 Å². The van der Waals surface area contributed by atoms with E-state index in [9.17, 15) is 0 Å². The van der Waals surface area contributed by atoms with E-state index in [4.69, 9.17) is 0 Å². The van der Waals surface area contributed by atoms with Crippen LogP contribution >= 0.6 is 0 Å². The quantitative estimate of drug-likeness (QED) is 0.104. The molecule has 0 saturated carbocycles. The summed E-state index contributed by atoms with van der Waals surface area (Å²) in [6.45, 7) is 9.21. The van der Waals surface area contributed by atoms with Gasteiger partial charge in [-0.25, -0.2) is 0 Å². The highest BCUT2D eigenvalue weighted by molar-refractivity contribution is 5.74. The maximum atomic E-state index is 2.38. The van der Waals surface area contributed by atoms with Gasteiger partial charge >= 0.3 is 0 Å². The summed E-state index contributed by atoms with van der Waals surface area (Å²) >= 11 is 0. The molecule has 0 radical (unpaired) electrons. The third kappa shape index (κ3) is 8.49. The number of hydrogen-bond acceptors (Lipinski definition) is 0. The van der Waals surface area contributed by atoms with Gasteiger partial charge in [0.25, 0.3) is 0 Å². The fraction of sp³-hybridized carbons (Fsp3) is 0.265. The molecule has 0 heterocycles. The first-order chi connectivity index (χ1) is 24.0. The Labute approximate surface area is 295 Å². The minimum absolute atomic E-state index is 1.19. The van der Waals surface area contributed by atoms with E-state index < -0.39 is 0 Å². The van der Waals surface area contributed by atoms with Gasteiger partial charge in [-0.2, -0.15) is 0 Å². The zero-order valence-corrected chi connectivity index (χ0v) is 30.1. The van der Waals surface area contributed by atoms with Crippen molar-refractivity contribution in [3.63, 3.8) is 0 Å². The maximum absolute atomic E-state index is 2.38. The van der Waals surface area contributed by atoms with Gasteiger partial charge in [0.15, 0.2) is 0 Å². The lowest BCUT2D eigenvalue weighted by molar-refractivity contribution is 0.578. The molecule has 248 valence electrons. The van der Waals surface area contributed by atoms with E-state index in [2.05, 4.69) is 161 Å². The second-order valence-corrected chi connectivity index (χ2v) is 13.9. The zero-order chi connectivity index (χ0) is 34.0. The molecule has 0 saturated heterocycles. The van der Waals surface area contributed by atoms with Gasteiger partial charge in [-0.1, -0.05) is 166 Å². The SMILES string of the molecule is Cc1c(CCCCCCCCCc2ccc(-c3ccc(-c4ccccc4)cc3)c(C)c2C)ccc(-c2ccc(-c3ccccc3)cc2)c1C. The number of hydrogen-bond donors (Lipinski definition) is 0. The van der Waals surface area contributed by atoms with Crippen LogP contribution in [0.15, 0.2) is 133 Å². The van der Waals surface area contributed by atoms with Crippen molar-refractivity contribution in [1.29, 1.82) is 0 Å². The average molecular weight is 641 g/mol. The number of rotatable bonds is 14. The van der Waals surface area contributed by atoms with Crippen molar-refractivity contribution in [2.75, 3.05) is 0 Å². The summed E-state index contributed by atoms with van der Waals surface area (Å²) in [5, 5.41) is 0. The maximum Gasteiger partial charge on any atom is -0.0152 e. The Balaban J connectivity index is 0.906. The second-order valence-electron chi connectivity index (χ2n) is 13.9. The summed E-state index contributed by atoms with van der Waals surface area (Å²) in [6.07, 6.45) is 11.6. The molecule has 0 heteroatoms. The Morgan fingerprint density at radius 2 is 0.571 bits per heavy atom. The van der Waals surface area contributed by atoms with Gasteiger partial charge in [-0.3, -0.25) is 0 Å². The molecular weight excluding hydrogens is 589 g/mol. The first kappa shape index (κ1) is 34.2. The molecule has 0 aromatic heterocycles. The summed E-state index contributed by atoms with van der Waals surface area (Å²) in [4.78, 5) is 0. The molecule has 0 atom stereocenters. The standard InChI is InChI=1S/C49H52/c1-36-38(3)48(46-28-24-44(25-29-46)42-20-14-10-15-21-42)34-32-40(36)18-12-8-6-5-7-9-13-19-41-33-35-49(39(4)37(41)2)47-30-26-45(27-31-47)43-22-16-11-17-23-43/h10-11,14-17,20-35H,5-9,12-13,18-19H2,1-4H3. The monoisotopic (exact) mass is 640 g/mol. The Morgan fingerprint density at radius 1 is 0.265 bits per heavy atom. The third-order valence-corrected chi connectivity index (χ3v) is 10.8. The van der Waals surface area contributed by atoms with Gasteiger partial charge in [0, 0.05) is 0 Å². The summed E-state index contributed by atoms with van der Waals surface area (Å²) < 4.78 is 0. The molecule has 6 aromatic rings. The van der Waals surface area contributed by atoms with E-state index in [0.717, 1.165) is 0 Å². The second kappa shape index (κ2) is 16.6. The Hall–Kier alpha value is -4.68. The largest absolute Gasteiger partial charge is 0.0622 e. The number of benzene rings is 6. The van der Waals surface area contributed by atoms with Crippen molar-refractivity contribution in [3.8, 4) is 44.5 Å². The molecule has 6 rings (SSSR count). The van der Waals surface area contributed by atoms with Gasteiger partial charge in [-0.15, -0.1) is 0 Å². The van der Waals surface area contributed by atoms with Crippen LogP contribution in [-0.2, 0) is 12.8 Å². The van der Waals surface area contributed by atoms with Crippen molar-refractivity contribution in [2.24, 2.45) is 0 Å². The minimum atomic E-state index is 1.19. The van der Waals surface area contributed by atoms with Gasteiger partial charge < -0.3 is 0 Å². The van der Waals surface area contributed by atoms with Crippen LogP contribution in [-0.4, -0.2) is 0 Å². The smallest absolute Gasteiger partial charge is 0.0152 e. The molecule has 0 aliphatic heterocycles. The van der Waals surface area contributed by atoms with Gasteiger partial charge in [0.1, 0.15) is 0 Å². The van der Waals surface area contributed by atoms with Crippen molar-refractivity contribution >= 4 is 0 Å². The predicted octanol–water partition coefficient (Wildman–Crippen LogP) is 14.1. The summed E-state index contributed by atoms with van der Waals surface area (Å²) in [7, 11) is 0. The average Bonchev–Trinajstić information content (AvgIpc) is 3.15. The molecule has 49 heavy (non-hydrogen) atoms. The van der Waals surface area contributed by atoms with Gasteiger partial charge in [0.2, 0.25) is 0 Å². The normalized spacial score (nSPS) is 11.2. The van der Waals surface area contributed by atoms with Gasteiger partial charge in [-0.05, 0) is 131 Å². The summed E-state index contributed by atoms with van der Waals surface area (Å²) in [6, 6.07) is 48.8. The summed E-state index contributed by atoms with van der Waals surface area (Å²) in [5.41, 5.74) is 19.2. The van der Waals surface area contributed by atoms with Crippen LogP contribution in [0.4, 0.5) is 0 Å². The molecule has 0 aliphatic carbocycles. The minimum Gasteiger partial charge on any atom is -0.0622 e.